The normalized spacial score (nSPS) is 10.9. The number of hydrogen-bond donors (Lipinski definition) is 2. The highest BCUT2D eigenvalue weighted by Crippen LogP contribution is 2.20. The molecule has 2 N–H and O–H groups in total. The summed E-state index contributed by atoms with van der Waals surface area (Å²) in [5.74, 6) is -0.905. The maximum atomic E-state index is 11.7. The van der Waals surface area contributed by atoms with Gasteiger partial charge in [0, 0.05) is 5.69 Å². The Labute approximate surface area is 112 Å². The van der Waals surface area contributed by atoms with Gasteiger partial charge in [0.15, 0.2) is 0 Å². The van der Waals surface area contributed by atoms with Crippen molar-refractivity contribution in [1.29, 1.82) is 0 Å². The molecule has 5 nitrogen and oxygen atoms in total. The van der Waals surface area contributed by atoms with Gasteiger partial charge in [0.2, 0.25) is 0 Å². The van der Waals surface area contributed by atoms with E-state index in [1.807, 2.05) is 0 Å². The van der Waals surface area contributed by atoms with Crippen molar-refractivity contribution in [2.24, 2.45) is 0 Å². The molecule has 1 aromatic carbocycles. The third-order valence-electron chi connectivity index (χ3n) is 2.42. The summed E-state index contributed by atoms with van der Waals surface area (Å²) in [6.07, 6.45) is -0.626. The number of hydrogen-bond acceptors (Lipinski definition) is 3. The van der Waals surface area contributed by atoms with Crippen LogP contribution in [0.1, 0.15) is 31.9 Å². The summed E-state index contributed by atoms with van der Waals surface area (Å²) in [7, 11) is 0. The van der Waals surface area contributed by atoms with Crippen LogP contribution >= 0.6 is 0 Å². The summed E-state index contributed by atoms with van der Waals surface area (Å²) in [6, 6.07) is 5.15. The molecule has 0 aromatic heterocycles. The maximum absolute atomic E-state index is 11.7. The predicted molar refractivity (Wildman–Crippen MR) is 72.4 cm³/mol. The first kappa shape index (κ1) is 15.0. The van der Waals surface area contributed by atoms with Gasteiger partial charge in [-0.15, -0.1) is 0 Å². The first-order valence-corrected chi connectivity index (χ1v) is 5.99. The van der Waals surface area contributed by atoms with Crippen LogP contribution in [0.25, 0.3) is 0 Å². The smallest absolute Gasteiger partial charge is 0.412 e. The Bertz CT molecular complexity index is 489. The molecule has 0 aliphatic heterocycles. The lowest BCUT2D eigenvalue weighted by Gasteiger charge is -2.20. The summed E-state index contributed by atoms with van der Waals surface area (Å²) < 4.78 is 5.15. The molecule has 0 fully saturated rings. The molecule has 1 amide bonds. The van der Waals surface area contributed by atoms with E-state index in [-0.39, 0.29) is 6.42 Å². The lowest BCUT2D eigenvalue weighted by atomic mass is 10.0. The molecule has 104 valence electrons. The van der Waals surface area contributed by atoms with Crippen LogP contribution in [0.15, 0.2) is 18.2 Å². The number of carbonyl (C=O) groups is 2. The van der Waals surface area contributed by atoms with Crippen molar-refractivity contribution in [3.05, 3.63) is 29.3 Å². The molecule has 5 heteroatoms. The molecular formula is C14H19NO4. The van der Waals surface area contributed by atoms with Crippen LogP contribution in [0.4, 0.5) is 10.5 Å². The quantitative estimate of drug-likeness (QED) is 0.881. The fourth-order valence-electron chi connectivity index (χ4n) is 1.59. The van der Waals surface area contributed by atoms with E-state index in [1.165, 1.54) is 0 Å². The molecule has 0 bridgehead atoms. The Morgan fingerprint density at radius 1 is 1.32 bits per heavy atom. The largest absolute Gasteiger partial charge is 0.481 e. The second-order valence-corrected chi connectivity index (χ2v) is 5.29. The van der Waals surface area contributed by atoms with Crippen molar-refractivity contribution in [2.75, 3.05) is 5.32 Å². The summed E-state index contributed by atoms with van der Waals surface area (Å²) in [5, 5.41) is 11.4. The van der Waals surface area contributed by atoms with E-state index >= 15 is 0 Å². The van der Waals surface area contributed by atoms with Gasteiger partial charge in [-0.05, 0) is 44.9 Å². The number of carbonyl (C=O) groups excluding carboxylic acids is 1. The topological polar surface area (TPSA) is 75.6 Å². The minimum Gasteiger partial charge on any atom is -0.481 e. The van der Waals surface area contributed by atoms with E-state index in [4.69, 9.17) is 9.84 Å². The van der Waals surface area contributed by atoms with Gasteiger partial charge in [0.25, 0.3) is 0 Å². The van der Waals surface area contributed by atoms with Crippen LogP contribution in [0.5, 0.6) is 0 Å². The number of rotatable bonds is 3. The van der Waals surface area contributed by atoms with Gasteiger partial charge in [-0.2, -0.15) is 0 Å². The average Bonchev–Trinajstić information content (AvgIpc) is 2.20. The zero-order valence-corrected chi connectivity index (χ0v) is 11.6. The highest BCUT2D eigenvalue weighted by Gasteiger charge is 2.17. The summed E-state index contributed by atoms with van der Waals surface area (Å²) >= 11 is 0. The van der Waals surface area contributed by atoms with Crippen LogP contribution in [0, 0.1) is 6.92 Å². The number of carboxylic acid groups (broad SMARTS) is 1. The molecule has 0 heterocycles. The van der Waals surface area contributed by atoms with Crippen LogP contribution in [-0.2, 0) is 16.0 Å². The van der Waals surface area contributed by atoms with Crippen molar-refractivity contribution in [1.82, 2.24) is 0 Å². The first-order valence-electron chi connectivity index (χ1n) is 5.99. The lowest BCUT2D eigenvalue weighted by molar-refractivity contribution is -0.136. The van der Waals surface area contributed by atoms with Gasteiger partial charge in [0.05, 0.1) is 6.42 Å². The molecule has 0 saturated carbocycles. The Hall–Kier alpha value is -2.04. The van der Waals surface area contributed by atoms with Gasteiger partial charge in [-0.3, -0.25) is 10.1 Å². The molecule has 0 saturated heterocycles. The van der Waals surface area contributed by atoms with E-state index in [1.54, 1.807) is 45.9 Å². The van der Waals surface area contributed by atoms with Crippen LogP contribution in [0.3, 0.4) is 0 Å². The predicted octanol–water partition coefficient (Wildman–Crippen LogP) is 2.97. The van der Waals surface area contributed by atoms with E-state index in [0.717, 1.165) is 5.56 Å². The second-order valence-electron chi connectivity index (χ2n) is 5.29. The Kier molecular flexibility index (Phi) is 4.53. The minimum absolute atomic E-state index is 0.0737. The van der Waals surface area contributed by atoms with E-state index in [2.05, 4.69) is 5.32 Å². The van der Waals surface area contributed by atoms with Crippen molar-refractivity contribution in [2.45, 2.75) is 39.7 Å². The fourth-order valence-corrected chi connectivity index (χ4v) is 1.59. The van der Waals surface area contributed by atoms with Crippen molar-refractivity contribution in [3.8, 4) is 0 Å². The maximum Gasteiger partial charge on any atom is 0.412 e. The molecule has 1 rings (SSSR count). The monoisotopic (exact) mass is 265 g/mol. The van der Waals surface area contributed by atoms with E-state index in [9.17, 15) is 9.59 Å². The van der Waals surface area contributed by atoms with Crippen LogP contribution < -0.4 is 5.32 Å². The number of nitrogens with one attached hydrogen (secondary N) is 1. The molecule has 0 aliphatic rings. The fraction of sp³-hybridized carbons (Fsp3) is 0.429. The Morgan fingerprint density at radius 3 is 2.47 bits per heavy atom. The SMILES string of the molecule is Cc1c(CC(=O)O)cccc1NC(=O)OC(C)(C)C. The number of amides is 1. The number of benzene rings is 1. The van der Waals surface area contributed by atoms with E-state index in [0.29, 0.717) is 11.3 Å². The zero-order chi connectivity index (χ0) is 14.6. The Morgan fingerprint density at radius 2 is 1.95 bits per heavy atom. The summed E-state index contributed by atoms with van der Waals surface area (Å²) in [4.78, 5) is 22.4. The molecule has 19 heavy (non-hydrogen) atoms. The standard InChI is InChI=1S/C14H19NO4/c1-9-10(8-12(16)17)6-5-7-11(9)15-13(18)19-14(2,3)4/h5-7H,8H2,1-4H3,(H,15,18)(H,16,17). The average molecular weight is 265 g/mol. The minimum atomic E-state index is -0.905. The number of aliphatic carboxylic acids is 1. The molecule has 0 spiro atoms. The third-order valence-corrected chi connectivity index (χ3v) is 2.42. The zero-order valence-electron chi connectivity index (χ0n) is 11.6. The molecule has 0 unspecified atom stereocenters. The van der Waals surface area contributed by atoms with Gasteiger partial charge in [-0.1, -0.05) is 12.1 Å². The highest BCUT2D eigenvalue weighted by atomic mass is 16.6. The van der Waals surface area contributed by atoms with Crippen LogP contribution in [0.2, 0.25) is 0 Å². The summed E-state index contributed by atoms with van der Waals surface area (Å²) in [6.45, 7) is 7.10. The van der Waals surface area contributed by atoms with Gasteiger partial charge in [0.1, 0.15) is 5.60 Å². The number of ether oxygens (including phenoxy) is 1. The van der Waals surface area contributed by atoms with Gasteiger partial charge in [-0.25, -0.2) is 4.79 Å². The van der Waals surface area contributed by atoms with Crippen molar-refractivity contribution < 1.29 is 19.4 Å². The van der Waals surface area contributed by atoms with Crippen molar-refractivity contribution >= 4 is 17.7 Å². The molecule has 1 aromatic rings. The molecular weight excluding hydrogens is 246 g/mol. The Balaban J connectivity index is 2.85. The highest BCUT2D eigenvalue weighted by molar-refractivity contribution is 5.86. The van der Waals surface area contributed by atoms with Gasteiger partial charge < -0.3 is 9.84 Å². The summed E-state index contributed by atoms with van der Waals surface area (Å²) in [5.41, 5.74) is 1.39. The van der Waals surface area contributed by atoms with Crippen molar-refractivity contribution in [3.63, 3.8) is 0 Å². The molecule has 0 radical (unpaired) electrons. The first-order chi connectivity index (χ1) is 8.69. The van der Waals surface area contributed by atoms with Gasteiger partial charge >= 0.3 is 12.1 Å². The molecule has 0 aliphatic carbocycles. The third kappa shape index (κ3) is 4.99. The second kappa shape index (κ2) is 5.73. The number of carboxylic acids is 1. The molecule has 0 atom stereocenters. The van der Waals surface area contributed by atoms with Crippen LogP contribution in [-0.4, -0.2) is 22.8 Å². The lowest BCUT2D eigenvalue weighted by Crippen LogP contribution is -2.27. The van der Waals surface area contributed by atoms with E-state index < -0.39 is 17.7 Å². The number of anilines is 1.